The number of aliphatic imine (C=N–C) groups is 1. The molecule has 21 heavy (non-hydrogen) atoms. The molecule has 1 aromatic carbocycles. The molecule has 2 aliphatic heterocycles. The molecule has 110 valence electrons. The Morgan fingerprint density at radius 2 is 2.29 bits per heavy atom. The SMILES string of the molecule is C[C@@H](SC1=Nc2ccccc2CS1)C(=O)N1CCNC1=O. The summed E-state index contributed by atoms with van der Waals surface area (Å²) in [7, 11) is 0. The van der Waals surface area contributed by atoms with Crippen molar-refractivity contribution in [1.29, 1.82) is 0 Å². The Bertz CT molecular complexity index is 618. The van der Waals surface area contributed by atoms with Crippen LogP contribution in [0.5, 0.6) is 0 Å². The van der Waals surface area contributed by atoms with Gasteiger partial charge in [-0.1, -0.05) is 41.7 Å². The number of carbonyl (C=O) groups excluding carboxylic acids is 2. The van der Waals surface area contributed by atoms with Gasteiger partial charge in [0.25, 0.3) is 0 Å². The van der Waals surface area contributed by atoms with Gasteiger partial charge in [-0.25, -0.2) is 9.79 Å². The van der Waals surface area contributed by atoms with Crippen molar-refractivity contribution in [2.75, 3.05) is 13.1 Å². The number of para-hydroxylation sites is 1. The van der Waals surface area contributed by atoms with Gasteiger partial charge in [-0.2, -0.15) is 0 Å². The summed E-state index contributed by atoms with van der Waals surface area (Å²) in [5.41, 5.74) is 2.18. The van der Waals surface area contributed by atoms with E-state index in [1.54, 1.807) is 11.8 Å². The maximum Gasteiger partial charge on any atom is 0.324 e. The normalized spacial score (nSPS) is 18.8. The molecule has 0 unspecified atom stereocenters. The zero-order chi connectivity index (χ0) is 14.8. The van der Waals surface area contributed by atoms with E-state index < -0.39 is 0 Å². The van der Waals surface area contributed by atoms with Crippen LogP contribution in [0.1, 0.15) is 12.5 Å². The molecule has 2 heterocycles. The van der Waals surface area contributed by atoms with Gasteiger partial charge in [-0.05, 0) is 18.6 Å². The van der Waals surface area contributed by atoms with Crippen LogP contribution in [0, 0.1) is 0 Å². The van der Waals surface area contributed by atoms with E-state index in [9.17, 15) is 9.59 Å². The zero-order valence-electron chi connectivity index (χ0n) is 11.5. The summed E-state index contributed by atoms with van der Waals surface area (Å²) in [6.45, 7) is 2.80. The quantitative estimate of drug-likeness (QED) is 0.909. The molecule has 0 aromatic heterocycles. The summed E-state index contributed by atoms with van der Waals surface area (Å²) in [5.74, 6) is 0.713. The van der Waals surface area contributed by atoms with Crippen molar-refractivity contribution in [2.45, 2.75) is 17.9 Å². The summed E-state index contributed by atoms with van der Waals surface area (Å²) >= 11 is 3.06. The summed E-state index contributed by atoms with van der Waals surface area (Å²) in [5, 5.41) is 2.33. The Hall–Kier alpha value is -1.47. The number of nitrogens with one attached hydrogen (secondary N) is 1. The predicted molar refractivity (Wildman–Crippen MR) is 87.0 cm³/mol. The number of rotatable bonds is 2. The summed E-state index contributed by atoms with van der Waals surface area (Å²) in [4.78, 5) is 29.6. The van der Waals surface area contributed by atoms with Gasteiger partial charge in [0, 0.05) is 18.8 Å². The van der Waals surface area contributed by atoms with Crippen molar-refractivity contribution in [2.24, 2.45) is 4.99 Å². The highest BCUT2D eigenvalue weighted by Gasteiger charge is 2.31. The fourth-order valence-corrected chi connectivity index (χ4v) is 4.42. The highest BCUT2D eigenvalue weighted by molar-refractivity contribution is 8.39. The molecule has 1 atom stereocenters. The minimum Gasteiger partial charge on any atom is -0.336 e. The van der Waals surface area contributed by atoms with Gasteiger partial charge in [0.05, 0.1) is 10.9 Å². The Kier molecular flexibility index (Phi) is 4.21. The van der Waals surface area contributed by atoms with Crippen molar-refractivity contribution in [3.8, 4) is 0 Å². The van der Waals surface area contributed by atoms with E-state index in [2.05, 4.69) is 16.4 Å². The largest absolute Gasteiger partial charge is 0.336 e. The zero-order valence-corrected chi connectivity index (χ0v) is 13.2. The van der Waals surface area contributed by atoms with Crippen LogP contribution < -0.4 is 5.32 Å². The lowest BCUT2D eigenvalue weighted by atomic mass is 10.2. The molecule has 0 spiro atoms. The molecule has 0 saturated carbocycles. The highest BCUT2D eigenvalue weighted by atomic mass is 32.2. The molecule has 0 radical (unpaired) electrons. The average Bonchev–Trinajstić information content (AvgIpc) is 2.92. The van der Waals surface area contributed by atoms with E-state index in [0.717, 1.165) is 15.8 Å². The lowest BCUT2D eigenvalue weighted by molar-refractivity contribution is -0.126. The second-order valence-electron chi connectivity index (χ2n) is 4.78. The van der Waals surface area contributed by atoms with Crippen molar-refractivity contribution < 1.29 is 9.59 Å². The van der Waals surface area contributed by atoms with Gasteiger partial charge in [0.1, 0.15) is 4.38 Å². The Labute approximate surface area is 131 Å². The first-order valence-electron chi connectivity index (χ1n) is 6.70. The molecule has 3 amide bonds. The van der Waals surface area contributed by atoms with E-state index in [1.807, 2.05) is 25.1 Å². The third-order valence-electron chi connectivity index (χ3n) is 3.30. The molecule has 7 heteroatoms. The first-order chi connectivity index (χ1) is 10.1. The number of amides is 3. The standard InChI is InChI=1S/C14H15N3O2S2/c1-9(12(18)17-7-6-15-13(17)19)21-14-16-11-5-3-2-4-10(11)8-20-14/h2-5,9H,6-8H2,1H3,(H,15,19)/t9-/m1/s1. The maximum absolute atomic E-state index is 12.3. The maximum atomic E-state index is 12.3. The number of carbonyl (C=O) groups is 2. The van der Waals surface area contributed by atoms with Gasteiger partial charge in [-0.15, -0.1) is 0 Å². The average molecular weight is 321 g/mol. The highest BCUT2D eigenvalue weighted by Crippen LogP contribution is 2.36. The summed E-state index contributed by atoms with van der Waals surface area (Å²) < 4.78 is 0.883. The van der Waals surface area contributed by atoms with Crippen LogP contribution in [0.15, 0.2) is 29.3 Å². The van der Waals surface area contributed by atoms with Crippen LogP contribution in [0.25, 0.3) is 0 Å². The minimum absolute atomic E-state index is 0.155. The van der Waals surface area contributed by atoms with E-state index in [4.69, 9.17) is 0 Å². The smallest absolute Gasteiger partial charge is 0.324 e. The van der Waals surface area contributed by atoms with E-state index in [-0.39, 0.29) is 17.2 Å². The van der Waals surface area contributed by atoms with Gasteiger partial charge >= 0.3 is 6.03 Å². The lowest BCUT2D eigenvalue weighted by Crippen LogP contribution is -2.39. The van der Waals surface area contributed by atoms with E-state index in [0.29, 0.717) is 13.1 Å². The number of nitrogens with zero attached hydrogens (tertiary/aromatic N) is 2. The van der Waals surface area contributed by atoms with Crippen LogP contribution in [0.4, 0.5) is 10.5 Å². The molecular weight excluding hydrogens is 306 g/mol. The third-order valence-corrected chi connectivity index (χ3v) is 5.59. The topological polar surface area (TPSA) is 61.8 Å². The molecule has 1 N–H and O–H groups in total. The lowest BCUT2D eigenvalue weighted by Gasteiger charge is -2.19. The predicted octanol–water partition coefficient (Wildman–Crippen LogP) is 2.59. The third kappa shape index (κ3) is 3.08. The Morgan fingerprint density at radius 1 is 1.48 bits per heavy atom. The van der Waals surface area contributed by atoms with Crippen LogP contribution in [0.3, 0.4) is 0 Å². The first kappa shape index (κ1) is 14.5. The summed E-state index contributed by atoms with van der Waals surface area (Å²) in [6, 6.07) is 7.72. The van der Waals surface area contributed by atoms with Gasteiger partial charge in [0.2, 0.25) is 5.91 Å². The fourth-order valence-electron chi connectivity index (χ4n) is 2.18. The second kappa shape index (κ2) is 6.11. The number of fused-ring (bicyclic) bond motifs is 1. The second-order valence-corrected chi connectivity index (χ2v) is 7.33. The van der Waals surface area contributed by atoms with Crippen LogP contribution in [0.2, 0.25) is 0 Å². The molecule has 0 aliphatic carbocycles. The number of imide groups is 1. The Morgan fingerprint density at radius 3 is 3.05 bits per heavy atom. The van der Waals surface area contributed by atoms with Crippen molar-refractivity contribution in [3.05, 3.63) is 29.8 Å². The molecule has 1 aromatic rings. The molecule has 1 saturated heterocycles. The van der Waals surface area contributed by atoms with Crippen molar-refractivity contribution >= 4 is 45.5 Å². The van der Waals surface area contributed by atoms with Crippen LogP contribution in [-0.2, 0) is 10.5 Å². The van der Waals surface area contributed by atoms with Crippen molar-refractivity contribution in [3.63, 3.8) is 0 Å². The molecule has 3 rings (SSSR count). The minimum atomic E-state index is -0.314. The Balaban J connectivity index is 1.68. The van der Waals surface area contributed by atoms with Crippen molar-refractivity contribution in [1.82, 2.24) is 10.2 Å². The number of benzene rings is 1. The molecule has 1 fully saturated rings. The summed E-state index contributed by atoms with van der Waals surface area (Å²) in [6.07, 6.45) is 0. The van der Waals surface area contributed by atoms with Crippen LogP contribution >= 0.6 is 23.5 Å². The number of hydrogen-bond donors (Lipinski definition) is 1. The van der Waals surface area contributed by atoms with Gasteiger partial charge in [-0.3, -0.25) is 9.69 Å². The molecule has 2 aliphatic rings. The van der Waals surface area contributed by atoms with E-state index >= 15 is 0 Å². The monoisotopic (exact) mass is 321 g/mol. The first-order valence-corrected chi connectivity index (χ1v) is 8.57. The molecular formula is C14H15N3O2S2. The van der Waals surface area contributed by atoms with Gasteiger partial charge < -0.3 is 5.32 Å². The molecule has 5 nitrogen and oxygen atoms in total. The van der Waals surface area contributed by atoms with Gasteiger partial charge in [0.15, 0.2) is 0 Å². The number of urea groups is 1. The number of hydrogen-bond acceptors (Lipinski definition) is 5. The molecule has 0 bridgehead atoms. The fraction of sp³-hybridized carbons (Fsp3) is 0.357. The van der Waals surface area contributed by atoms with Crippen LogP contribution in [-0.4, -0.2) is 39.6 Å². The number of thioether (sulfide) groups is 2. The van der Waals surface area contributed by atoms with E-state index in [1.165, 1.54) is 22.2 Å².